The van der Waals surface area contributed by atoms with Crippen LogP contribution in [0, 0.1) is 0 Å². The molecule has 4 heteroatoms. The second-order valence-electron chi connectivity index (χ2n) is 4.73. The number of nitrogens with two attached hydrogens (primary N) is 1. The minimum absolute atomic E-state index is 0.00176. The van der Waals surface area contributed by atoms with E-state index < -0.39 is 0 Å². The van der Waals surface area contributed by atoms with Gasteiger partial charge in [0.15, 0.2) is 11.5 Å². The fraction of sp³-hybridized carbons (Fsp3) is 0.571. The Morgan fingerprint density at radius 3 is 2.67 bits per heavy atom. The van der Waals surface area contributed by atoms with E-state index in [2.05, 4.69) is 0 Å². The van der Waals surface area contributed by atoms with Gasteiger partial charge in [0.05, 0.1) is 13.2 Å². The van der Waals surface area contributed by atoms with Crippen LogP contribution >= 0.6 is 0 Å². The highest BCUT2D eigenvalue weighted by atomic mass is 16.5. The molecule has 0 amide bonds. The number of ether oxygens (including phenoxy) is 2. The number of rotatable bonds is 4. The molecular formula is C14H21NO3. The number of aliphatic hydroxyl groups excluding tert-OH is 1. The molecule has 2 atom stereocenters. The number of fused-ring (bicyclic) bond motifs is 1. The van der Waals surface area contributed by atoms with Crippen LogP contribution < -0.4 is 15.2 Å². The standard InChI is InChI=1S/C14H21NO3/c1-10(15)12(5-6-16)11-3-4-13-14(9-11)18-8-2-7-17-13/h3-4,9-10,12,16H,2,5-8,15H2,1H3. The fourth-order valence-electron chi connectivity index (χ4n) is 2.28. The van der Waals surface area contributed by atoms with E-state index >= 15 is 0 Å². The van der Waals surface area contributed by atoms with Gasteiger partial charge in [-0.25, -0.2) is 0 Å². The summed E-state index contributed by atoms with van der Waals surface area (Å²) < 4.78 is 11.3. The molecule has 0 saturated carbocycles. The summed E-state index contributed by atoms with van der Waals surface area (Å²) in [5.74, 6) is 1.73. The van der Waals surface area contributed by atoms with E-state index in [1.165, 1.54) is 0 Å². The van der Waals surface area contributed by atoms with Crippen LogP contribution in [0.3, 0.4) is 0 Å². The van der Waals surface area contributed by atoms with Crippen molar-refractivity contribution >= 4 is 0 Å². The van der Waals surface area contributed by atoms with Crippen LogP contribution in [0.5, 0.6) is 11.5 Å². The molecule has 1 aromatic carbocycles. The molecule has 1 aliphatic heterocycles. The van der Waals surface area contributed by atoms with E-state index in [0.717, 1.165) is 23.5 Å². The van der Waals surface area contributed by atoms with Crippen LogP contribution in [-0.2, 0) is 0 Å². The van der Waals surface area contributed by atoms with Crippen LogP contribution in [-0.4, -0.2) is 31.0 Å². The van der Waals surface area contributed by atoms with Gasteiger partial charge < -0.3 is 20.3 Å². The molecule has 1 aromatic rings. The van der Waals surface area contributed by atoms with Gasteiger partial charge in [0.25, 0.3) is 0 Å². The third kappa shape index (κ3) is 2.94. The largest absolute Gasteiger partial charge is 0.490 e. The maximum atomic E-state index is 9.12. The average Bonchev–Trinajstić information content (AvgIpc) is 2.59. The zero-order chi connectivity index (χ0) is 13.0. The molecule has 0 aromatic heterocycles. The monoisotopic (exact) mass is 251 g/mol. The third-order valence-electron chi connectivity index (χ3n) is 3.27. The Morgan fingerprint density at radius 1 is 1.28 bits per heavy atom. The molecule has 1 heterocycles. The van der Waals surface area contributed by atoms with Crippen molar-refractivity contribution in [1.29, 1.82) is 0 Å². The second-order valence-corrected chi connectivity index (χ2v) is 4.73. The third-order valence-corrected chi connectivity index (χ3v) is 3.27. The van der Waals surface area contributed by atoms with E-state index in [-0.39, 0.29) is 18.6 Å². The lowest BCUT2D eigenvalue weighted by molar-refractivity contribution is 0.268. The van der Waals surface area contributed by atoms with Crippen molar-refractivity contribution in [3.63, 3.8) is 0 Å². The Kier molecular flexibility index (Phi) is 4.44. The highest BCUT2D eigenvalue weighted by Crippen LogP contribution is 2.34. The van der Waals surface area contributed by atoms with Gasteiger partial charge in [-0.15, -0.1) is 0 Å². The fourth-order valence-corrected chi connectivity index (χ4v) is 2.28. The van der Waals surface area contributed by atoms with Crippen LogP contribution in [0.2, 0.25) is 0 Å². The quantitative estimate of drug-likeness (QED) is 0.854. The van der Waals surface area contributed by atoms with Gasteiger partial charge in [0.1, 0.15) is 0 Å². The van der Waals surface area contributed by atoms with Crippen LogP contribution in [0.1, 0.15) is 31.2 Å². The lowest BCUT2D eigenvalue weighted by Crippen LogP contribution is -2.25. The highest BCUT2D eigenvalue weighted by molar-refractivity contribution is 5.44. The molecule has 0 bridgehead atoms. The van der Waals surface area contributed by atoms with Crippen molar-refractivity contribution in [2.45, 2.75) is 31.7 Å². The van der Waals surface area contributed by atoms with E-state index in [1.54, 1.807) is 0 Å². The molecular weight excluding hydrogens is 230 g/mol. The smallest absolute Gasteiger partial charge is 0.161 e. The number of hydrogen-bond donors (Lipinski definition) is 2. The highest BCUT2D eigenvalue weighted by Gasteiger charge is 2.19. The van der Waals surface area contributed by atoms with Gasteiger partial charge >= 0.3 is 0 Å². The predicted octanol–water partition coefficient (Wildman–Crippen LogP) is 1.66. The topological polar surface area (TPSA) is 64.7 Å². The summed E-state index contributed by atoms with van der Waals surface area (Å²) in [6.45, 7) is 3.48. The van der Waals surface area contributed by atoms with Crippen molar-refractivity contribution in [3.8, 4) is 11.5 Å². The first-order chi connectivity index (χ1) is 8.72. The first kappa shape index (κ1) is 13.2. The Morgan fingerprint density at radius 2 is 2.00 bits per heavy atom. The molecule has 0 saturated heterocycles. The molecule has 1 aliphatic rings. The summed E-state index contributed by atoms with van der Waals surface area (Å²) in [4.78, 5) is 0. The zero-order valence-corrected chi connectivity index (χ0v) is 10.8. The summed E-state index contributed by atoms with van der Waals surface area (Å²) in [6.07, 6.45) is 1.56. The van der Waals surface area contributed by atoms with Crippen molar-refractivity contribution in [2.75, 3.05) is 19.8 Å². The van der Waals surface area contributed by atoms with Crippen molar-refractivity contribution in [1.82, 2.24) is 0 Å². The zero-order valence-electron chi connectivity index (χ0n) is 10.8. The Hall–Kier alpha value is -1.26. The SMILES string of the molecule is CC(N)C(CCO)c1ccc2c(c1)OCCCO2. The Labute approximate surface area is 108 Å². The first-order valence-electron chi connectivity index (χ1n) is 6.48. The number of aliphatic hydroxyl groups is 1. The molecule has 2 unspecified atom stereocenters. The minimum atomic E-state index is 0.00176. The summed E-state index contributed by atoms with van der Waals surface area (Å²) >= 11 is 0. The molecule has 3 N–H and O–H groups in total. The van der Waals surface area contributed by atoms with Gasteiger partial charge in [-0.05, 0) is 31.0 Å². The maximum Gasteiger partial charge on any atom is 0.161 e. The van der Waals surface area contributed by atoms with Crippen molar-refractivity contribution in [3.05, 3.63) is 23.8 Å². The van der Waals surface area contributed by atoms with E-state index in [0.29, 0.717) is 19.6 Å². The van der Waals surface area contributed by atoms with Crippen LogP contribution in [0.15, 0.2) is 18.2 Å². The second kappa shape index (κ2) is 6.07. The van der Waals surface area contributed by atoms with Gasteiger partial charge in [0, 0.05) is 25.0 Å². The van der Waals surface area contributed by atoms with E-state index in [9.17, 15) is 0 Å². The molecule has 100 valence electrons. The summed E-state index contributed by atoms with van der Waals surface area (Å²) in [6, 6.07) is 5.94. The lowest BCUT2D eigenvalue weighted by atomic mass is 9.90. The first-order valence-corrected chi connectivity index (χ1v) is 6.48. The maximum absolute atomic E-state index is 9.12. The normalized spacial score (nSPS) is 17.9. The molecule has 2 rings (SSSR count). The van der Waals surface area contributed by atoms with E-state index in [4.69, 9.17) is 20.3 Å². The minimum Gasteiger partial charge on any atom is -0.490 e. The van der Waals surface area contributed by atoms with Gasteiger partial charge in [-0.1, -0.05) is 6.07 Å². The van der Waals surface area contributed by atoms with Gasteiger partial charge in [-0.3, -0.25) is 0 Å². The van der Waals surface area contributed by atoms with Crippen molar-refractivity contribution in [2.24, 2.45) is 5.73 Å². The molecule has 4 nitrogen and oxygen atoms in total. The predicted molar refractivity (Wildman–Crippen MR) is 70.1 cm³/mol. The molecule has 0 aliphatic carbocycles. The van der Waals surface area contributed by atoms with Gasteiger partial charge in [0.2, 0.25) is 0 Å². The Balaban J connectivity index is 2.25. The molecule has 18 heavy (non-hydrogen) atoms. The summed E-state index contributed by atoms with van der Waals surface area (Å²) in [5.41, 5.74) is 7.08. The molecule has 0 radical (unpaired) electrons. The van der Waals surface area contributed by atoms with E-state index in [1.807, 2.05) is 25.1 Å². The summed E-state index contributed by atoms with van der Waals surface area (Å²) in [7, 11) is 0. The molecule has 0 fully saturated rings. The molecule has 0 spiro atoms. The van der Waals surface area contributed by atoms with Crippen molar-refractivity contribution < 1.29 is 14.6 Å². The van der Waals surface area contributed by atoms with Crippen LogP contribution in [0.4, 0.5) is 0 Å². The number of hydrogen-bond acceptors (Lipinski definition) is 4. The van der Waals surface area contributed by atoms with Crippen LogP contribution in [0.25, 0.3) is 0 Å². The average molecular weight is 251 g/mol. The number of benzene rings is 1. The lowest BCUT2D eigenvalue weighted by Gasteiger charge is -2.21. The summed E-state index contributed by atoms with van der Waals surface area (Å²) in [5, 5.41) is 9.12. The van der Waals surface area contributed by atoms with Gasteiger partial charge in [-0.2, -0.15) is 0 Å². The Bertz CT molecular complexity index is 393.